The molecule has 0 aliphatic carbocycles. The summed E-state index contributed by atoms with van der Waals surface area (Å²) in [7, 11) is 0. The van der Waals surface area contributed by atoms with E-state index in [-0.39, 0.29) is 12.4 Å². The standard InChI is InChI=1S/C11H16F3N3O2/c12-11(13,14)7-18-6-9-16-10(19-17-9)5-8-1-3-15-4-2-8/h8,15H,1-7H2. The van der Waals surface area contributed by atoms with Gasteiger partial charge in [0.25, 0.3) is 0 Å². The van der Waals surface area contributed by atoms with E-state index >= 15 is 0 Å². The molecule has 1 fully saturated rings. The normalized spacial score (nSPS) is 17.8. The van der Waals surface area contributed by atoms with E-state index in [2.05, 4.69) is 20.2 Å². The SMILES string of the molecule is FC(F)(F)COCc1noc(CC2CCNCC2)n1. The van der Waals surface area contributed by atoms with Gasteiger partial charge in [-0.05, 0) is 31.8 Å². The van der Waals surface area contributed by atoms with Crippen LogP contribution in [0.2, 0.25) is 0 Å². The highest BCUT2D eigenvalue weighted by Crippen LogP contribution is 2.18. The highest BCUT2D eigenvalue weighted by atomic mass is 19.4. The number of hydrogen-bond donors (Lipinski definition) is 1. The van der Waals surface area contributed by atoms with Gasteiger partial charge in [0.05, 0.1) is 0 Å². The average molecular weight is 279 g/mol. The molecule has 1 aromatic heterocycles. The van der Waals surface area contributed by atoms with Crippen molar-refractivity contribution in [2.45, 2.75) is 32.0 Å². The molecule has 0 bridgehead atoms. The minimum absolute atomic E-state index is 0.160. The molecular weight excluding hydrogens is 263 g/mol. The van der Waals surface area contributed by atoms with E-state index in [1.807, 2.05) is 0 Å². The molecule has 8 heteroatoms. The van der Waals surface area contributed by atoms with Crippen LogP contribution in [0.25, 0.3) is 0 Å². The Morgan fingerprint density at radius 3 is 2.74 bits per heavy atom. The Morgan fingerprint density at radius 1 is 1.32 bits per heavy atom. The number of ether oxygens (including phenoxy) is 1. The van der Waals surface area contributed by atoms with Crippen molar-refractivity contribution in [3.63, 3.8) is 0 Å². The van der Waals surface area contributed by atoms with E-state index in [9.17, 15) is 13.2 Å². The van der Waals surface area contributed by atoms with Crippen molar-refractivity contribution < 1.29 is 22.4 Å². The summed E-state index contributed by atoms with van der Waals surface area (Å²) in [6.45, 7) is 0.362. The first-order valence-corrected chi connectivity index (χ1v) is 6.19. The number of alkyl halides is 3. The van der Waals surface area contributed by atoms with Crippen molar-refractivity contribution >= 4 is 0 Å². The van der Waals surface area contributed by atoms with Crippen LogP contribution >= 0.6 is 0 Å². The van der Waals surface area contributed by atoms with Crippen LogP contribution in [0.3, 0.4) is 0 Å². The Labute approximate surface area is 108 Å². The third-order valence-electron chi connectivity index (χ3n) is 2.93. The van der Waals surface area contributed by atoms with Crippen LogP contribution in [-0.2, 0) is 17.8 Å². The molecule has 2 heterocycles. The molecule has 1 aliphatic heterocycles. The molecule has 1 saturated heterocycles. The first kappa shape index (κ1) is 14.3. The molecule has 2 rings (SSSR count). The fourth-order valence-electron chi connectivity index (χ4n) is 2.02. The molecule has 0 aromatic carbocycles. The van der Waals surface area contributed by atoms with Crippen molar-refractivity contribution in [3.05, 3.63) is 11.7 Å². The maximum atomic E-state index is 11.9. The molecule has 0 saturated carbocycles. The van der Waals surface area contributed by atoms with E-state index in [4.69, 9.17) is 4.52 Å². The van der Waals surface area contributed by atoms with Crippen molar-refractivity contribution in [3.8, 4) is 0 Å². The fourth-order valence-corrected chi connectivity index (χ4v) is 2.02. The molecule has 1 aromatic rings. The number of piperidine rings is 1. The van der Waals surface area contributed by atoms with Gasteiger partial charge in [0.2, 0.25) is 5.89 Å². The minimum Gasteiger partial charge on any atom is -0.364 e. The number of aromatic nitrogens is 2. The van der Waals surface area contributed by atoms with Crippen molar-refractivity contribution in [1.82, 2.24) is 15.5 Å². The van der Waals surface area contributed by atoms with Gasteiger partial charge in [0.15, 0.2) is 5.82 Å². The molecule has 1 N–H and O–H groups in total. The molecular formula is C11H16F3N3O2. The van der Waals surface area contributed by atoms with Gasteiger partial charge in [0, 0.05) is 6.42 Å². The summed E-state index contributed by atoms with van der Waals surface area (Å²) in [4.78, 5) is 4.03. The summed E-state index contributed by atoms with van der Waals surface area (Å²) < 4.78 is 45.1. The predicted octanol–water partition coefficient (Wildman–Crippen LogP) is 1.69. The van der Waals surface area contributed by atoms with Gasteiger partial charge in [-0.15, -0.1) is 0 Å². The maximum absolute atomic E-state index is 11.9. The minimum atomic E-state index is -4.33. The number of halogens is 3. The summed E-state index contributed by atoms with van der Waals surface area (Å²) >= 11 is 0. The highest BCUT2D eigenvalue weighted by molar-refractivity contribution is 4.87. The topological polar surface area (TPSA) is 60.2 Å². The largest absolute Gasteiger partial charge is 0.411 e. The predicted molar refractivity (Wildman–Crippen MR) is 59.3 cm³/mol. The van der Waals surface area contributed by atoms with Crippen LogP contribution in [0.15, 0.2) is 4.52 Å². The second-order valence-electron chi connectivity index (χ2n) is 4.61. The number of hydrogen-bond acceptors (Lipinski definition) is 5. The second-order valence-corrected chi connectivity index (χ2v) is 4.61. The summed E-state index contributed by atoms with van der Waals surface area (Å²) in [6, 6.07) is 0. The van der Waals surface area contributed by atoms with Gasteiger partial charge in [0.1, 0.15) is 13.2 Å². The zero-order valence-electron chi connectivity index (χ0n) is 10.4. The van der Waals surface area contributed by atoms with E-state index in [0.29, 0.717) is 18.2 Å². The lowest BCUT2D eigenvalue weighted by molar-refractivity contribution is -0.177. The van der Waals surface area contributed by atoms with Gasteiger partial charge in [-0.3, -0.25) is 0 Å². The third-order valence-corrected chi connectivity index (χ3v) is 2.93. The first-order valence-electron chi connectivity index (χ1n) is 6.19. The molecule has 0 spiro atoms. The van der Waals surface area contributed by atoms with E-state index in [0.717, 1.165) is 25.9 Å². The summed E-state index contributed by atoms with van der Waals surface area (Å²) in [5, 5.41) is 6.86. The Hall–Kier alpha value is -1.15. The van der Waals surface area contributed by atoms with E-state index in [1.54, 1.807) is 0 Å². The van der Waals surface area contributed by atoms with Crippen molar-refractivity contribution in [2.75, 3.05) is 19.7 Å². The van der Waals surface area contributed by atoms with Gasteiger partial charge in [-0.2, -0.15) is 18.2 Å². The third kappa shape index (κ3) is 5.15. The van der Waals surface area contributed by atoms with Crippen molar-refractivity contribution in [2.24, 2.45) is 5.92 Å². The lowest BCUT2D eigenvalue weighted by atomic mass is 9.95. The van der Waals surface area contributed by atoms with Crippen LogP contribution in [0.4, 0.5) is 13.2 Å². The summed E-state index contributed by atoms with van der Waals surface area (Å²) in [5.41, 5.74) is 0. The van der Waals surface area contributed by atoms with Crippen LogP contribution in [0.1, 0.15) is 24.6 Å². The highest BCUT2D eigenvalue weighted by Gasteiger charge is 2.27. The van der Waals surface area contributed by atoms with Crippen LogP contribution in [0, 0.1) is 5.92 Å². The Bertz CT molecular complexity index is 389. The molecule has 108 valence electrons. The van der Waals surface area contributed by atoms with Crippen LogP contribution < -0.4 is 5.32 Å². The Morgan fingerprint density at radius 2 is 2.05 bits per heavy atom. The van der Waals surface area contributed by atoms with E-state index in [1.165, 1.54) is 0 Å². The summed E-state index contributed by atoms with van der Waals surface area (Å²) in [6.07, 6.45) is -1.57. The lowest BCUT2D eigenvalue weighted by Crippen LogP contribution is -2.28. The Balaban J connectivity index is 1.75. The average Bonchev–Trinajstić information content (AvgIpc) is 2.76. The van der Waals surface area contributed by atoms with Gasteiger partial charge >= 0.3 is 6.18 Å². The smallest absolute Gasteiger partial charge is 0.364 e. The molecule has 0 unspecified atom stereocenters. The number of nitrogens with one attached hydrogen (secondary N) is 1. The molecule has 0 atom stereocenters. The number of nitrogens with zero attached hydrogens (tertiary/aromatic N) is 2. The maximum Gasteiger partial charge on any atom is 0.411 e. The molecule has 0 amide bonds. The van der Waals surface area contributed by atoms with Crippen LogP contribution in [0.5, 0.6) is 0 Å². The lowest BCUT2D eigenvalue weighted by Gasteiger charge is -2.20. The summed E-state index contributed by atoms with van der Waals surface area (Å²) in [5.74, 6) is 1.12. The molecule has 1 aliphatic rings. The molecule has 5 nitrogen and oxygen atoms in total. The monoisotopic (exact) mass is 279 g/mol. The second kappa shape index (κ2) is 6.33. The Kier molecular flexibility index (Phi) is 4.76. The zero-order valence-corrected chi connectivity index (χ0v) is 10.4. The number of rotatable bonds is 5. The van der Waals surface area contributed by atoms with Gasteiger partial charge < -0.3 is 14.6 Å². The van der Waals surface area contributed by atoms with Crippen molar-refractivity contribution in [1.29, 1.82) is 0 Å². The quantitative estimate of drug-likeness (QED) is 0.888. The van der Waals surface area contributed by atoms with Crippen LogP contribution in [-0.4, -0.2) is 36.0 Å². The van der Waals surface area contributed by atoms with Gasteiger partial charge in [-0.25, -0.2) is 0 Å². The van der Waals surface area contributed by atoms with Gasteiger partial charge in [-0.1, -0.05) is 5.16 Å². The molecule has 19 heavy (non-hydrogen) atoms. The van der Waals surface area contributed by atoms with E-state index < -0.39 is 12.8 Å². The molecule has 0 radical (unpaired) electrons. The fraction of sp³-hybridized carbons (Fsp3) is 0.818. The first-order chi connectivity index (χ1) is 9.03. The zero-order chi connectivity index (χ0) is 13.7.